The second-order valence-electron chi connectivity index (χ2n) is 4.63. The number of alkyl halides is 1. The summed E-state index contributed by atoms with van der Waals surface area (Å²) in [6.45, 7) is 0. The largest absolute Gasteiger partial charge is 0.331 e. The highest BCUT2D eigenvalue weighted by Crippen LogP contribution is 2.23. The van der Waals surface area contributed by atoms with Crippen LogP contribution in [0.2, 0.25) is 0 Å². The van der Waals surface area contributed by atoms with Crippen LogP contribution in [0.5, 0.6) is 0 Å². The van der Waals surface area contributed by atoms with Crippen molar-refractivity contribution >= 4 is 32.5 Å². The van der Waals surface area contributed by atoms with Crippen molar-refractivity contribution in [2.45, 2.75) is 24.2 Å². The van der Waals surface area contributed by atoms with Gasteiger partial charge in [0, 0.05) is 25.6 Å². The number of halogens is 1. The number of imidazole rings is 1. The third-order valence-corrected chi connectivity index (χ3v) is 4.55. The Bertz CT molecular complexity index is 692. The Hall–Kier alpha value is -1.07. The normalized spacial score (nSPS) is 12.2. The number of para-hydroxylation sites is 1. The number of unbranched alkanes of at least 4 members (excludes halogenated alkanes) is 1. The molecule has 1 aromatic heterocycles. The summed E-state index contributed by atoms with van der Waals surface area (Å²) in [6, 6.07) is 5.25. The van der Waals surface area contributed by atoms with E-state index in [1.807, 2.05) is 17.7 Å². The summed E-state index contributed by atoms with van der Waals surface area (Å²) in [5, 5.41) is 0. The molecule has 0 aliphatic heterocycles. The van der Waals surface area contributed by atoms with Crippen molar-refractivity contribution in [3.63, 3.8) is 0 Å². The molecule has 0 unspecified atom stereocenters. The summed E-state index contributed by atoms with van der Waals surface area (Å²) >= 11 is 5.66. The lowest BCUT2D eigenvalue weighted by atomic mass is 10.2. The Balaban J connectivity index is 2.51. The van der Waals surface area contributed by atoms with Crippen LogP contribution in [0, 0.1) is 0 Å². The van der Waals surface area contributed by atoms with Gasteiger partial charge in [-0.3, -0.25) is 0 Å². The Morgan fingerprint density at radius 3 is 2.68 bits per heavy atom. The van der Waals surface area contributed by atoms with E-state index in [4.69, 9.17) is 11.6 Å². The first kappa shape index (κ1) is 14.3. The van der Waals surface area contributed by atoms with Crippen molar-refractivity contribution in [1.82, 2.24) is 9.55 Å². The van der Waals surface area contributed by atoms with E-state index in [9.17, 15) is 8.42 Å². The van der Waals surface area contributed by atoms with Crippen molar-refractivity contribution < 1.29 is 8.42 Å². The topological polar surface area (TPSA) is 52.0 Å². The van der Waals surface area contributed by atoms with Gasteiger partial charge < -0.3 is 4.57 Å². The molecule has 19 heavy (non-hydrogen) atoms. The molecule has 0 amide bonds. The molecule has 0 N–H and O–H groups in total. The molecule has 0 atom stereocenters. The molecule has 0 aliphatic carbocycles. The predicted molar refractivity (Wildman–Crippen MR) is 77.5 cm³/mol. The Labute approximate surface area is 118 Å². The quantitative estimate of drug-likeness (QED) is 0.630. The number of sulfone groups is 1. The van der Waals surface area contributed by atoms with Crippen LogP contribution < -0.4 is 0 Å². The van der Waals surface area contributed by atoms with Gasteiger partial charge in [-0.15, -0.1) is 11.6 Å². The zero-order valence-corrected chi connectivity index (χ0v) is 12.6. The minimum Gasteiger partial charge on any atom is -0.331 e. The maximum absolute atomic E-state index is 11.8. The van der Waals surface area contributed by atoms with E-state index in [-0.39, 0.29) is 0 Å². The molecular formula is C13H17ClN2O2S. The molecule has 2 aromatic rings. The first-order valence-electron chi connectivity index (χ1n) is 6.15. The summed E-state index contributed by atoms with van der Waals surface area (Å²) < 4.78 is 25.5. The highest BCUT2D eigenvalue weighted by molar-refractivity contribution is 7.91. The lowest BCUT2D eigenvalue weighted by molar-refractivity contribution is 0.602. The molecule has 2 rings (SSSR count). The Morgan fingerprint density at radius 2 is 2.05 bits per heavy atom. The van der Waals surface area contributed by atoms with Gasteiger partial charge in [-0.1, -0.05) is 6.07 Å². The number of aromatic nitrogens is 2. The number of aryl methyl sites for hydroxylation is 2. The van der Waals surface area contributed by atoms with Crippen LogP contribution in [0.25, 0.3) is 11.0 Å². The summed E-state index contributed by atoms with van der Waals surface area (Å²) in [6.07, 6.45) is 3.91. The second-order valence-corrected chi connectivity index (χ2v) is 6.99. The molecular weight excluding hydrogens is 284 g/mol. The third kappa shape index (κ3) is 2.92. The van der Waals surface area contributed by atoms with E-state index < -0.39 is 9.84 Å². The van der Waals surface area contributed by atoms with Crippen LogP contribution >= 0.6 is 11.6 Å². The van der Waals surface area contributed by atoms with Gasteiger partial charge in [-0.05, 0) is 25.0 Å². The minimum absolute atomic E-state index is 0.296. The molecule has 0 saturated heterocycles. The fourth-order valence-corrected chi connectivity index (χ4v) is 3.15. The van der Waals surface area contributed by atoms with Crippen molar-refractivity contribution in [1.29, 1.82) is 0 Å². The van der Waals surface area contributed by atoms with Gasteiger partial charge in [0.05, 0.1) is 10.4 Å². The van der Waals surface area contributed by atoms with Crippen LogP contribution in [0.3, 0.4) is 0 Å². The monoisotopic (exact) mass is 300 g/mol. The Morgan fingerprint density at radius 1 is 1.32 bits per heavy atom. The van der Waals surface area contributed by atoms with Gasteiger partial charge in [0.15, 0.2) is 9.84 Å². The number of fused-ring (bicyclic) bond motifs is 1. The first-order valence-corrected chi connectivity index (χ1v) is 8.58. The third-order valence-electron chi connectivity index (χ3n) is 3.15. The van der Waals surface area contributed by atoms with Crippen molar-refractivity contribution in [3.05, 3.63) is 24.0 Å². The van der Waals surface area contributed by atoms with Crippen molar-refractivity contribution in [2.75, 3.05) is 12.1 Å². The smallest absolute Gasteiger partial charge is 0.177 e. The predicted octanol–water partition coefficient (Wildman–Crippen LogP) is 2.54. The maximum Gasteiger partial charge on any atom is 0.177 e. The van der Waals surface area contributed by atoms with Crippen LogP contribution in [-0.2, 0) is 23.3 Å². The van der Waals surface area contributed by atoms with Gasteiger partial charge in [0.2, 0.25) is 0 Å². The van der Waals surface area contributed by atoms with Crippen molar-refractivity contribution in [3.8, 4) is 0 Å². The number of rotatable bonds is 5. The SMILES string of the molecule is Cn1c(CCCCCl)nc2c(S(C)(=O)=O)cccc21. The highest BCUT2D eigenvalue weighted by Gasteiger charge is 2.16. The summed E-state index contributed by atoms with van der Waals surface area (Å²) in [4.78, 5) is 4.79. The molecule has 0 aliphatic rings. The van der Waals surface area contributed by atoms with Crippen molar-refractivity contribution in [2.24, 2.45) is 7.05 Å². The first-order chi connectivity index (χ1) is 8.95. The number of benzene rings is 1. The lowest BCUT2D eigenvalue weighted by Gasteiger charge is -2.01. The minimum atomic E-state index is -3.25. The van der Waals surface area contributed by atoms with Gasteiger partial charge in [0.25, 0.3) is 0 Å². The average molecular weight is 301 g/mol. The van der Waals surface area contributed by atoms with Gasteiger partial charge in [0.1, 0.15) is 11.3 Å². The molecule has 104 valence electrons. The van der Waals surface area contributed by atoms with Crippen LogP contribution in [-0.4, -0.2) is 30.1 Å². The maximum atomic E-state index is 11.8. The lowest BCUT2D eigenvalue weighted by Crippen LogP contribution is -1.98. The summed E-state index contributed by atoms with van der Waals surface area (Å²) in [5.41, 5.74) is 1.41. The fourth-order valence-electron chi connectivity index (χ4n) is 2.14. The molecule has 4 nitrogen and oxygen atoms in total. The number of hydrogen-bond acceptors (Lipinski definition) is 3. The molecule has 0 fully saturated rings. The molecule has 6 heteroatoms. The highest BCUT2D eigenvalue weighted by atomic mass is 35.5. The van der Waals surface area contributed by atoms with Gasteiger partial charge >= 0.3 is 0 Å². The summed E-state index contributed by atoms with van der Waals surface area (Å²) in [7, 11) is -1.34. The van der Waals surface area contributed by atoms with E-state index in [1.54, 1.807) is 12.1 Å². The molecule has 1 aromatic carbocycles. The number of hydrogen-bond donors (Lipinski definition) is 0. The van der Waals surface area contributed by atoms with Crippen LogP contribution in [0.4, 0.5) is 0 Å². The Kier molecular flexibility index (Phi) is 4.16. The van der Waals surface area contributed by atoms with E-state index in [0.717, 1.165) is 30.6 Å². The van der Waals surface area contributed by atoms with Crippen LogP contribution in [0.1, 0.15) is 18.7 Å². The second kappa shape index (κ2) is 5.51. The van der Waals surface area contributed by atoms with Gasteiger partial charge in [-0.2, -0.15) is 0 Å². The molecule has 1 heterocycles. The molecule has 0 spiro atoms. The fraction of sp³-hybridized carbons (Fsp3) is 0.462. The van der Waals surface area contributed by atoms with E-state index >= 15 is 0 Å². The van der Waals surface area contributed by atoms with Crippen LogP contribution in [0.15, 0.2) is 23.1 Å². The van der Waals surface area contributed by atoms with E-state index in [0.29, 0.717) is 16.3 Å². The molecule has 0 bridgehead atoms. The van der Waals surface area contributed by atoms with E-state index in [2.05, 4.69) is 4.98 Å². The summed E-state index contributed by atoms with van der Waals surface area (Å²) in [5.74, 6) is 1.54. The zero-order valence-electron chi connectivity index (χ0n) is 11.1. The standard InChI is InChI=1S/C13H17ClN2O2S/c1-16-10-6-5-7-11(19(2,17)18)13(10)15-12(16)8-3-4-9-14/h5-7H,3-4,8-9H2,1-2H3. The molecule has 0 saturated carbocycles. The van der Waals surface area contributed by atoms with E-state index in [1.165, 1.54) is 6.26 Å². The van der Waals surface area contributed by atoms with Gasteiger partial charge in [-0.25, -0.2) is 13.4 Å². The zero-order chi connectivity index (χ0) is 14.0. The number of nitrogens with zero attached hydrogens (tertiary/aromatic N) is 2. The molecule has 0 radical (unpaired) electrons. The average Bonchev–Trinajstić information content (AvgIpc) is 2.66.